The van der Waals surface area contributed by atoms with Crippen molar-refractivity contribution in [2.45, 2.75) is 34.4 Å². The Hall–Kier alpha value is -1.02. The van der Waals surface area contributed by atoms with Gasteiger partial charge in [0.05, 0.1) is 0 Å². The first-order valence-corrected chi connectivity index (χ1v) is 12.8. The second kappa shape index (κ2) is 11.1. The van der Waals surface area contributed by atoms with Gasteiger partial charge in [-0.2, -0.15) is 0 Å². The molecule has 0 atom stereocenters. The van der Waals surface area contributed by atoms with E-state index < -0.39 is 0 Å². The molecule has 2 N–H and O–H groups in total. The van der Waals surface area contributed by atoms with Gasteiger partial charge in [0, 0.05) is 38.4 Å². The summed E-state index contributed by atoms with van der Waals surface area (Å²) >= 11 is 8.43. The minimum absolute atomic E-state index is 0.872. The lowest BCUT2D eigenvalue weighted by atomic mass is 10.4. The molecule has 0 fully saturated rings. The molecule has 0 saturated heterocycles. The predicted octanol–water partition coefficient (Wildman–Crippen LogP) is 3.77. The highest BCUT2D eigenvalue weighted by atomic mass is 32.2. The molecule has 0 aromatic carbocycles. The van der Waals surface area contributed by atoms with E-state index in [1.54, 1.807) is 57.5 Å². The van der Waals surface area contributed by atoms with Crippen molar-refractivity contribution in [2.24, 2.45) is 0 Å². The van der Waals surface area contributed by atoms with Crippen LogP contribution in [0.5, 0.6) is 0 Å². The molecule has 0 saturated carbocycles. The van der Waals surface area contributed by atoms with Crippen molar-refractivity contribution in [3.05, 3.63) is 10.0 Å². The van der Waals surface area contributed by atoms with E-state index >= 15 is 0 Å². The lowest BCUT2D eigenvalue weighted by molar-refractivity contribution is 0.882. The van der Waals surface area contributed by atoms with Crippen LogP contribution in [0.4, 0.5) is 10.3 Å². The Balaban J connectivity index is 1.29. The van der Waals surface area contributed by atoms with Crippen LogP contribution in [0.2, 0.25) is 0 Å². The van der Waals surface area contributed by atoms with E-state index in [9.17, 15) is 0 Å². The minimum atomic E-state index is 0.872. The lowest BCUT2D eigenvalue weighted by Gasteiger charge is -1.96. The lowest BCUT2D eigenvalue weighted by Crippen LogP contribution is -1.87. The quantitative estimate of drug-likeness (QED) is 0.307. The molecule has 3 rings (SSSR count). The summed E-state index contributed by atoms with van der Waals surface area (Å²) < 4.78 is 2.07. The normalized spacial score (nSPS) is 11.0. The van der Waals surface area contributed by atoms with Crippen molar-refractivity contribution in [3.8, 4) is 0 Å². The molecule has 0 amide bonds. The van der Waals surface area contributed by atoms with Gasteiger partial charge in [-0.15, -0.1) is 30.6 Å². The number of nitrogens with one attached hydrogen (secondary N) is 2. The van der Waals surface area contributed by atoms with Gasteiger partial charge in [-0.1, -0.05) is 57.5 Å². The number of thioether (sulfide) groups is 2. The smallest absolute Gasteiger partial charge is 0.205 e. The number of hydrogen-bond acceptors (Lipinski definition) is 13. The summed E-state index contributed by atoms with van der Waals surface area (Å²) in [4.78, 5) is 0. The fourth-order valence-corrected chi connectivity index (χ4v) is 6.50. The first kappa shape index (κ1) is 20.7. The Bertz CT molecular complexity index is 751. The van der Waals surface area contributed by atoms with Gasteiger partial charge in [0.25, 0.3) is 0 Å². The highest BCUT2D eigenvalue weighted by Gasteiger charge is 2.08. The number of nitrogens with zero attached hydrogens (tertiary/aromatic N) is 6. The molecule has 3 heterocycles. The average Bonchev–Trinajstić information content (AvgIpc) is 3.43. The minimum Gasteiger partial charge on any atom is -0.363 e. The number of rotatable bonds is 12. The van der Waals surface area contributed by atoms with Gasteiger partial charge >= 0.3 is 0 Å². The van der Waals surface area contributed by atoms with Crippen LogP contribution in [0, 0.1) is 0 Å². The van der Waals surface area contributed by atoms with Crippen LogP contribution < -0.4 is 10.6 Å². The maximum atomic E-state index is 4.28. The summed E-state index contributed by atoms with van der Waals surface area (Å²) in [5.74, 6) is 2.03. The second-order valence-electron chi connectivity index (χ2n) is 5.24. The highest BCUT2D eigenvalue weighted by molar-refractivity contribution is 8.03. The van der Waals surface area contributed by atoms with E-state index in [2.05, 4.69) is 41.2 Å². The summed E-state index contributed by atoms with van der Waals surface area (Å²) in [6.45, 7) is 0. The SMILES string of the molecule is CNc1nnc(CCCSc2nnc(SCCCc3nnc(NC)s3)s2)s1. The maximum absolute atomic E-state index is 4.28. The fraction of sp³-hybridized carbons (Fsp3) is 0.571. The summed E-state index contributed by atoms with van der Waals surface area (Å²) in [7, 11) is 3.72. The Morgan fingerprint density at radius 1 is 0.667 bits per heavy atom. The molecular formula is C14H20N8S5. The van der Waals surface area contributed by atoms with Crippen LogP contribution >= 0.6 is 57.5 Å². The molecular weight excluding hydrogens is 441 g/mol. The average molecular weight is 461 g/mol. The first-order chi connectivity index (χ1) is 13.3. The third-order valence-corrected chi connectivity index (χ3v) is 8.63. The van der Waals surface area contributed by atoms with Gasteiger partial charge in [-0.3, -0.25) is 0 Å². The molecule has 0 aliphatic carbocycles. The number of hydrogen-bond donors (Lipinski definition) is 2. The third kappa shape index (κ3) is 6.82. The number of aryl methyl sites for hydroxylation is 2. The topological polar surface area (TPSA) is 101 Å². The molecule has 8 nitrogen and oxygen atoms in total. The summed E-state index contributed by atoms with van der Waals surface area (Å²) in [6.07, 6.45) is 4.02. The van der Waals surface area contributed by atoms with E-state index in [0.29, 0.717) is 0 Å². The van der Waals surface area contributed by atoms with Crippen LogP contribution in [-0.4, -0.2) is 56.2 Å². The van der Waals surface area contributed by atoms with Crippen molar-refractivity contribution < 1.29 is 0 Å². The molecule has 27 heavy (non-hydrogen) atoms. The van der Waals surface area contributed by atoms with E-state index in [1.807, 2.05) is 14.1 Å². The zero-order valence-electron chi connectivity index (χ0n) is 15.0. The van der Waals surface area contributed by atoms with Crippen LogP contribution in [0.25, 0.3) is 0 Å². The van der Waals surface area contributed by atoms with Crippen LogP contribution in [-0.2, 0) is 12.8 Å². The maximum Gasteiger partial charge on any atom is 0.205 e. The van der Waals surface area contributed by atoms with Crippen molar-refractivity contribution in [3.63, 3.8) is 0 Å². The predicted molar refractivity (Wildman–Crippen MR) is 117 cm³/mol. The number of anilines is 2. The van der Waals surface area contributed by atoms with Gasteiger partial charge < -0.3 is 10.6 Å². The van der Waals surface area contributed by atoms with E-state index in [4.69, 9.17) is 0 Å². The Kier molecular flexibility index (Phi) is 8.51. The fourth-order valence-electron chi connectivity index (χ4n) is 1.99. The molecule has 3 aromatic rings. The largest absolute Gasteiger partial charge is 0.363 e. The third-order valence-electron chi connectivity index (χ3n) is 3.27. The standard InChI is InChI=1S/C14H20N8S5/c1-15-11-19-17-9(25-11)5-3-7-23-13-21-22-14(27-13)24-8-4-6-10-18-20-12(16-2)26-10/h3-8H2,1-2H3,(H,15,19)(H,16,20). The molecule has 146 valence electrons. The molecule has 3 aromatic heterocycles. The molecule has 0 radical (unpaired) electrons. The molecule has 0 aliphatic heterocycles. The van der Waals surface area contributed by atoms with Gasteiger partial charge in [-0.05, 0) is 12.8 Å². The summed E-state index contributed by atoms with van der Waals surface area (Å²) in [6, 6.07) is 0. The van der Waals surface area contributed by atoms with Crippen molar-refractivity contribution in [1.29, 1.82) is 0 Å². The summed E-state index contributed by atoms with van der Waals surface area (Å²) in [5.41, 5.74) is 0. The molecule has 0 bridgehead atoms. The van der Waals surface area contributed by atoms with Gasteiger partial charge in [0.15, 0.2) is 8.68 Å². The Morgan fingerprint density at radius 3 is 1.56 bits per heavy atom. The van der Waals surface area contributed by atoms with Crippen LogP contribution in [0.15, 0.2) is 8.68 Å². The highest BCUT2D eigenvalue weighted by Crippen LogP contribution is 2.30. The van der Waals surface area contributed by atoms with Crippen molar-refractivity contribution in [2.75, 3.05) is 36.2 Å². The van der Waals surface area contributed by atoms with Crippen molar-refractivity contribution in [1.82, 2.24) is 30.6 Å². The van der Waals surface area contributed by atoms with Crippen LogP contribution in [0.1, 0.15) is 22.9 Å². The Labute approximate surface area is 178 Å². The zero-order chi connectivity index (χ0) is 18.9. The van der Waals surface area contributed by atoms with Gasteiger partial charge in [0.2, 0.25) is 10.3 Å². The van der Waals surface area contributed by atoms with E-state index in [0.717, 1.165) is 66.1 Å². The molecule has 0 aliphatic rings. The molecule has 13 heteroatoms. The van der Waals surface area contributed by atoms with Gasteiger partial charge in [-0.25, -0.2) is 0 Å². The Morgan fingerprint density at radius 2 is 1.15 bits per heavy atom. The second-order valence-corrected chi connectivity index (χ2v) is 11.0. The van der Waals surface area contributed by atoms with E-state index in [1.165, 1.54) is 0 Å². The first-order valence-electron chi connectivity index (χ1n) is 8.36. The number of aromatic nitrogens is 6. The summed E-state index contributed by atoms with van der Waals surface area (Å²) in [5, 5.41) is 34.9. The molecule has 0 unspecified atom stereocenters. The monoisotopic (exact) mass is 460 g/mol. The van der Waals surface area contributed by atoms with Crippen LogP contribution in [0.3, 0.4) is 0 Å². The van der Waals surface area contributed by atoms with E-state index in [-0.39, 0.29) is 0 Å². The van der Waals surface area contributed by atoms with Gasteiger partial charge in [0.1, 0.15) is 10.0 Å². The zero-order valence-corrected chi connectivity index (χ0v) is 19.0. The van der Waals surface area contributed by atoms with Crippen molar-refractivity contribution >= 4 is 67.8 Å². The molecule has 0 spiro atoms.